The molecule has 1 aliphatic rings. The van der Waals surface area contributed by atoms with Gasteiger partial charge in [0.15, 0.2) is 0 Å². The van der Waals surface area contributed by atoms with Gasteiger partial charge < -0.3 is 9.53 Å². The van der Waals surface area contributed by atoms with Gasteiger partial charge in [-0.25, -0.2) is 4.79 Å². The summed E-state index contributed by atoms with van der Waals surface area (Å²) in [5.41, 5.74) is 1.78. The van der Waals surface area contributed by atoms with Crippen LogP contribution in [-0.2, 0) is 27.2 Å². The number of methoxy groups -OCH3 is 1. The number of hydrogen-bond donors (Lipinski definition) is 0. The minimum atomic E-state index is -0.256. The summed E-state index contributed by atoms with van der Waals surface area (Å²) in [7, 11) is 1.39. The normalized spacial score (nSPS) is 13.9. The van der Waals surface area contributed by atoms with E-state index in [1.165, 1.54) is 12.0 Å². The van der Waals surface area contributed by atoms with Crippen LogP contribution in [0.25, 0.3) is 6.08 Å². The molecule has 16 heavy (non-hydrogen) atoms. The Labute approximate surface area is 97.7 Å². The Bertz CT molecular complexity index is 457. The number of ether oxygens (including phenoxy) is 1. The molecule has 0 aromatic carbocycles. The van der Waals surface area contributed by atoms with Crippen LogP contribution >= 0.6 is 11.3 Å². The second-order valence-corrected chi connectivity index (χ2v) is 4.84. The molecule has 0 aliphatic heterocycles. The first-order valence-electron chi connectivity index (χ1n) is 5.08. The van der Waals surface area contributed by atoms with Gasteiger partial charge in [0, 0.05) is 21.7 Å². The van der Waals surface area contributed by atoms with Gasteiger partial charge in [0.25, 0.3) is 0 Å². The first-order chi connectivity index (χ1) is 7.74. The van der Waals surface area contributed by atoms with E-state index in [9.17, 15) is 9.59 Å². The van der Waals surface area contributed by atoms with Crippen molar-refractivity contribution in [2.24, 2.45) is 0 Å². The number of fused-ring (bicyclic) bond motifs is 1. The van der Waals surface area contributed by atoms with Gasteiger partial charge in [0.1, 0.15) is 6.29 Å². The summed E-state index contributed by atoms with van der Waals surface area (Å²) < 4.78 is 4.70. The maximum Gasteiger partial charge on any atom is 0.333 e. The molecule has 3 nitrogen and oxygen atoms in total. The molecular formula is C12H12O3S. The summed E-state index contributed by atoms with van der Waals surface area (Å²) in [6.45, 7) is 0. The molecule has 0 unspecified atom stereocenters. The summed E-state index contributed by atoms with van der Waals surface area (Å²) in [4.78, 5) is 24.1. The molecule has 4 heteroatoms. The Morgan fingerprint density at radius 3 is 3.06 bits per heavy atom. The summed E-state index contributed by atoms with van der Waals surface area (Å²) in [6, 6.07) is 1.98. The van der Waals surface area contributed by atoms with E-state index in [0.717, 1.165) is 29.6 Å². The van der Waals surface area contributed by atoms with E-state index >= 15 is 0 Å². The number of aldehydes is 1. The van der Waals surface area contributed by atoms with Gasteiger partial charge in [-0.3, -0.25) is 0 Å². The maximum atomic E-state index is 11.4. The summed E-state index contributed by atoms with van der Waals surface area (Å²) in [5.74, 6) is -0.256. The number of esters is 1. The van der Waals surface area contributed by atoms with Crippen LogP contribution in [0.2, 0.25) is 0 Å². The van der Waals surface area contributed by atoms with E-state index in [1.807, 2.05) is 12.1 Å². The van der Waals surface area contributed by atoms with Crippen LogP contribution < -0.4 is 0 Å². The molecule has 1 heterocycles. The summed E-state index contributed by atoms with van der Waals surface area (Å²) in [5, 5.41) is 0. The second kappa shape index (κ2) is 4.61. The minimum Gasteiger partial charge on any atom is -0.466 e. The quantitative estimate of drug-likeness (QED) is 0.595. The molecule has 0 fully saturated rings. The molecule has 84 valence electrons. The Hall–Kier alpha value is -1.42. The third kappa shape index (κ3) is 2.07. The van der Waals surface area contributed by atoms with Crippen molar-refractivity contribution in [3.63, 3.8) is 0 Å². The molecule has 0 atom stereocenters. The SMILES string of the molecule is COC(=O)C1=Cc2cc(CC=O)sc2CC1. The fourth-order valence-electron chi connectivity index (χ4n) is 1.80. The number of carbonyl (C=O) groups excluding carboxylic acids is 2. The van der Waals surface area contributed by atoms with Crippen molar-refractivity contribution in [3.8, 4) is 0 Å². The van der Waals surface area contributed by atoms with Crippen LogP contribution in [0, 0.1) is 0 Å². The van der Waals surface area contributed by atoms with Crippen LogP contribution in [-0.4, -0.2) is 19.4 Å². The molecule has 0 amide bonds. The lowest BCUT2D eigenvalue weighted by Gasteiger charge is -2.10. The lowest BCUT2D eigenvalue weighted by molar-refractivity contribution is -0.136. The maximum absolute atomic E-state index is 11.4. The molecule has 1 aromatic rings. The Kier molecular flexibility index (Phi) is 3.19. The van der Waals surface area contributed by atoms with Crippen LogP contribution in [0.3, 0.4) is 0 Å². The molecule has 0 bridgehead atoms. The Morgan fingerprint density at radius 1 is 1.56 bits per heavy atom. The number of thiophene rings is 1. The molecule has 0 N–H and O–H groups in total. The van der Waals surface area contributed by atoms with Gasteiger partial charge >= 0.3 is 5.97 Å². The van der Waals surface area contributed by atoms with Crippen molar-refractivity contribution < 1.29 is 14.3 Å². The summed E-state index contributed by atoms with van der Waals surface area (Å²) >= 11 is 1.65. The highest BCUT2D eigenvalue weighted by Gasteiger charge is 2.18. The topological polar surface area (TPSA) is 43.4 Å². The predicted molar refractivity (Wildman–Crippen MR) is 62.4 cm³/mol. The van der Waals surface area contributed by atoms with E-state index in [1.54, 1.807) is 11.3 Å². The number of carbonyl (C=O) groups is 2. The van der Waals surface area contributed by atoms with Crippen LogP contribution in [0.5, 0.6) is 0 Å². The van der Waals surface area contributed by atoms with Crippen LogP contribution in [0.1, 0.15) is 21.7 Å². The number of aryl methyl sites for hydroxylation is 1. The molecule has 1 aromatic heterocycles. The van der Waals surface area contributed by atoms with Crippen molar-refractivity contribution in [2.45, 2.75) is 19.3 Å². The van der Waals surface area contributed by atoms with Crippen molar-refractivity contribution in [3.05, 3.63) is 27.0 Å². The van der Waals surface area contributed by atoms with E-state index in [0.29, 0.717) is 12.0 Å². The molecule has 0 radical (unpaired) electrons. The van der Waals surface area contributed by atoms with Crippen LogP contribution in [0.4, 0.5) is 0 Å². The zero-order valence-corrected chi connectivity index (χ0v) is 9.80. The highest BCUT2D eigenvalue weighted by atomic mass is 32.1. The molecule has 2 rings (SSSR count). The fourth-order valence-corrected chi connectivity index (χ4v) is 2.89. The van der Waals surface area contributed by atoms with E-state index < -0.39 is 0 Å². The van der Waals surface area contributed by atoms with Gasteiger partial charge in [-0.15, -0.1) is 11.3 Å². The van der Waals surface area contributed by atoms with Gasteiger partial charge in [-0.1, -0.05) is 0 Å². The average Bonchev–Trinajstić information content (AvgIpc) is 2.69. The second-order valence-electron chi connectivity index (χ2n) is 3.62. The van der Waals surface area contributed by atoms with Crippen molar-refractivity contribution >= 4 is 29.7 Å². The summed E-state index contributed by atoms with van der Waals surface area (Å²) in [6.07, 6.45) is 4.82. The Balaban J connectivity index is 2.28. The van der Waals surface area contributed by atoms with Gasteiger partial charge in [0.2, 0.25) is 0 Å². The highest BCUT2D eigenvalue weighted by molar-refractivity contribution is 7.12. The highest BCUT2D eigenvalue weighted by Crippen LogP contribution is 2.31. The lowest BCUT2D eigenvalue weighted by atomic mass is 9.99. The van der Waals surface area contributed by atoms with Crippen molar-refractivity contribution in [1.29, 1.82) is 0 Å². The molecule has 0 saturated carbocycles. The lowest BCUT2D eigenvalue weighted by Crippen LogP contribution is -2.08. The third-order valence-electron chi connectivity index (χ3n) is 2.58. The monoisotopic (exact) mass is 236 g/mol. The average molecular weight is 236 g/mol. The largest absolute Gasteiger partial charge is 0.466 e. The number of hydrogen-bond acceptors (Lipinski definition) is 4. The van der Waals surface area contributed by atoms with E-state index in [4.69, 9.17) is 4.74 Å². The molecule has 1 aliphatic carbocycles. The van der Waals surface area contributed by atoms with Gasteiger partial charge in [-0.05, 0) is 30.5 Å². The zero-order valence-electron chi connectivity index (χ0n) is 8.99. The smallest absolute Gasteiger partial charge is 0.333 e. The standard InChI is InChI=1S/C12H12O3S/c1-15-12(14)8-2-3-11-9(6-8)7-10(16-11)4-5-13/h5-7H,2-4H2,1H3. The van der Waals surface area contributed by atoms with Gasteiger partial charge in [0.05, 0.1) is 7.11 Å². The van der Waals surface area contributed by atoms with E-state index in [2.05, 4.69) is 0 Å². The van der Waals surface area contributed by atoms with Gasteiger partial charge in [-0.2, -0.15) is 0 Å². The molecular weight excluding hydrogens is 224 g/mol. The minimum absolute atomic E-state index is 0.256. The Morgan fingerprint density at radius 2 is 2.38 bits per heavy atom. The first kappa shape index (κ1) is 11.1. The van der Waals surface area contributed by atoms with Crippen molar-refractivity contribution in [1.82, 2.24) is 0 Å². The molecule has 0 spiro atoms. The fraction of sp³-hybridized carbons (Fsp3) is 0.333. The van der Waals surface area contributed by atoms with E-state index in [-0.39, 0.29) is 5.97 Å². The number of rotatable bonds is 3. The van der Waals surface area contributed by atoms with Crippen molar-refractivity contribution in [2.75, 3.05) is 7.11 Å². The third-order valence-corrected chi connectivity index (χ3v) is 3.81. The molecule has 0 saturated heterocycles. The zero-order chi connectivity index (χ0) is 11.5. The first-order valence-corrected chi connectivity index (χ1v) is 5.90. The predicted octanol–water partition coefficient (Wildman–Crippen LogP) is 1.99. The van der Waals surface area contributed by atoms with Crippen LogP contribution in [0.15, 0.2) is 11.6 Å².